The zero-order valence-corrected chi connectivity index (χ0v) is 21.3. The van der Waals surface area contributed by atoms with E-state index in [-0.39, 0.29) is 23.0 Å². The van der Waals surface area contributed by atoms with E-state index in [0.717, 1.165) is 24.6 Å². The summed E-state index contributed by atoms with van der Waals surface area (Å²) in [5, 5.41) is 3.57. The fourth-order valence-electron chi connectivity index (χ4n) is 4.49. The number of ether oxygens (including phenoxy) is 2. The largest absolute Gasteiger partial charge is 0.495 e. The van der Waals surface area contributed by atoms with Crippen molar-refractivity contribution in [2.24, 2.45) is 0 Å². The lowest BCUT2D eigenvalue weighted by atomic mass is 10.1. The molecule has 1 aliphatic heterocycles. The molecule has 4 aromatic rings. The highest BCUT2D eigenvalue weighted by molar-refractivity contribution is 7.89. The first-order chi connectivity index (χ1) is 18.0. The molecule has 1 fully saturated rings. The highest BCUT2D eigenvalue weighted by Gasteiger charge is 2.30. The lowest BCUT2D eigenvalue weighted by Crippen LogP contribution is -2.35. The van der Waals surface area contributed by atoms with Crippen LogP contribution < -0.4 is 14.8 Å². The van der Waals surface area contributed by atoms with Crippen LogP contribution in [0.2, 0.25) is 0 Å². The van der Waals surface area contributed by atoms with Crippen molar-refractivity contribution in [2.45, 2.75) is 30.8 Å². The summed E-state index contributed by atoms with van der Waals surface area (Å²) >= 11 is 0. The number of nitrogens with zero attached hydrogens (tertiary/aromatic N) is 1. The number of fused-ring (bicyclic) bond motifs is 1. The summed E-state index contributed by atoms with van der Waals surface area (Å²) in [7, 11) is -2.36. The molecule has 1 aromatic heterocycles. The van der Waals surface area contributed by atoms with Crippen molar-refractivity contribution in [3.05, 3.63) is 84.1 Å². The molecule has 1 aliphatic rings. The van der Waals surface area contributed by atoms with E-state index in [9.17, 15) is 13.2 Å². The molecule has 1 N–H and O–H groups in total. The molecule has 0 unspecified atom stereocenters. The Morgan fingerprint density at radius 2 is 1.70 bits per heavy atom. The Kier molecular flexibility index (Phi) is 7.16. The van der Waals surface area contributed by atoms with Gasteiger partial charge in [-0.2, -0.15) is 4.31 Å². The molecule has 0 bridgehead atoms. The van der Waals surface area contributed by atoms with Gasteiger partial charge in [-0.15, -0.1) is 0 Å². The Labute approximate surface area is 215 Å². The third-order valence-electron chi connectivity index (χ3n) is 6.39. The predicted octanol–water partition coefficient (Wildman–Crippen LogP) is 5.45. The molecule has 1 saturated heterocycles. The van der Waals surface area contributed by atoms with Crippen LogP contribution in [0.4, 0.5) is 5.69 Å². The van der Waals surface area contributed by atoms with Crippen molar-refractivity contribution in [1.29, 1.82) is 0 Å². The van der Waals surface area contributed by atoms with E-state index in [0.29, 0.717) is 35.7 Å². The van der Waals surface area contributed by atoms with Crippen molar-refractivity contribution in [2.75, 3.05) is 25.5 Å². The highest BCUT2D eigenvalue weighted by atomic mass is 32.2. The maximum absolute atomic E-state index is 13.4. The number of sulfonamides is 1. The third kappa shape index (κ3) is 5.19. The summed E-state index contributed by atoms with van der Waals surface area (Å²) in [5.41, 5.74) is 1.48. The number of furan rings is 1. The SMILES string of the molecule is COc1ccc(NC(=O)c2oc3ccccc3c2COc2ccccc2)cc1S(=O)(=O)N1CCCCC1. The average Bonchev–Trinajstić information content (AvgIpc) is 3.31. The maximum atomic E-state index is 13.4. The number of benzene rings is 3. The van der Waals surface area contributed by atoms with Gasteiger partial charge >= 0.3 is 0 Å². The van der Waals surface area contributed by atoms with Gasteiger partial charge in [0.25, 0.3) is 5.91 Å². The number of carbonyl (C=O) groups excluding carboxylic acids is 1. The van der Waals surface area contributed by atoms with Crippen LogP contribution in [0.5, 0.6) is 11.5 Å². The molecule has 8 nitrogen and oxygen atoms in total. The van der Waals surface area contributed by atoms with Gasteiger partial charge < -0.3 is 19.2 Å². The van der Waals surface area contributed by atoms with Gasteiger partial charge in [-0.05, 0) is 49.2 Å². The molecule has 0 radical (unpaired) electrons. The molecule has 2 heterocycles. The summed E-state index contributed by atoms with van der Waals surface area (Å²) < 4.78 is 45.4. The Hall–Kier alpha value is -3.82. The summed E-state index contributed by atoms with van der Waals surface area (Å²) in [6.07, 6.45) is 2.64. The van der Waals surface area contributed by atoms with Crippen LogP contribution in [0.25, 0.3) is 11.0 Å². The van der Waals surface area contributed by atoms with E-state index in [4.69, 9.17) is 13.9 Å². The molecule has 0 atom stereocenters. The van der Waals surface area contributed by atoms with Gasteiger partial charge in [0.05, 0.1) is 7.11 Å². The van der Waals surface area contributed by atoms with Crippen molar-refractivity contribution in [3.63, 3.8) is 0 Å². The smallest absolute Gasteiger partial charge is 0.291 e. The van der Waals surface area contributed by atoms with Crippen LogP contribution in [0, 0.1) is 0 Å². The summed E-state index contributed by atoms with van der Waals surface area (Å²) in [6, 6.07) is 21.3. The van der Waals surface area contributed by atoms with E-state index in [1.54, 1.807) is 18.2 Å². The third-order valence-corrected chi connectivity index (χ3v) is 8.31. The van der Waals surface area contributed by atoms with Crippen LogP contribution in [0.15, 0.2) is 82.1 Å². The number of rotatable bonds is 8. The zero-order chi connectivity index (χ0) is 25.8. The van der Waals surface area contributed by atoms with Gasteiger partial charge in [-0.1, -0.05) is 42.8 Å². The Morgan fingerprint density at radius 3 is 2.46 bits per heavy atom. The standard InChI is InChI=1S/C28H28N2O6S/c1-34-25-15-14-20(18-26(25)37(32,33)30-16-8-3-9-17-30)29-28(31)27-23(19-35-21-10-4-2-5-11-21)22-12-6-7-13-24(22)36-27/h2,4-7,10-15,18H,3,8-9,16-17,19H2,1H3,(H,29,31). The molecule has 5 rings (SSSR count). The van der Waals surface area contributed by atoms with Crippen LogP contribution in [-0.2, 0) is 16.6 Å². The van der Waals surface area contributed by atoms with Crippen LogP contribution >= 0.6 is 0 Å². The number of piperidine rings is 1. The van der Waals surface area contributed by atoms with E-state index >= 15 is 0 Å². The topological polar surface area (TPSA) is 98.1 Å². The van der Waals surface area contributed by atoms with Gasteiger partial charge in [-0.25, -0.2) is 8.42 Å². The summed E-state index contributed by atoms with van der Waals surface area (Å²) in [6.45, 7) is 1.05. The minimum Gasteiger partial charge on any atom is -0.495 e. The summed E-state index contributed by atoms with van der Waals surface area (Å²) in [5.74, 6) is 0.494. The van der Waals surface area contributed by atoms with Crippen molar-refractivity contribution < 1.29 is 27.1 Å². The van der Waals surface area contributed by atoms with Crippen molar-refractivity contribution >= 4 is 32.6 Å². The van der Waals surface area contributed by atoms with Gasteiger partial charge in [-0.3, -0.25) is 4.79 Å². The monoisotopic (exact) mass is 520 g/mol. The number of methoxy groups -OCH3 is 1. The van der Waals surface area contributed by atoms with Crippen molar-refractivity contribution in [1.82, 2.24) is 4.31 Å². The predicted molar refractivity (Wildman–Crippen MR) is 141 cm³/mol. The second-order valence-corrected chi connectivity index (χ2v) is 10.7. The zero-order valence-electron chi connectivity index (χ0n) is 20.5. The highest BCUT2D eigenvalue weighted by Crippen LogP contribution is 2.32. The van der Waals surface area contributed by atoms with E-state index < -0.39 is 15.9 Å². The minimum atomic E-state index is -3.78. The van der Waals surface area contributed by atoms with Crippen LogP contribution in [0.3, 0.4) is 0 Å². The van der Waals surface area contributed by atoms with Gasteiger partial charge in [0.1, 0.15) is 28.6 Å². The number of amides is 1. The van der Waals surface area contributed by atoms with Crippen molar-refractivity contribution in [3.8, 4) is 11.5 Å². The molecule has 1 amide bonds. The number of hydrogen-bond acceptors (Lipinski definition) is 6. The number of carbonyl (C=O) groups is 1. The molecule has 192 valence electrons. The lowest BCUT2D eigenvalue weighted by molar-refractivity contribution is 0.0995. The fraction of sp³-hybridized carbons (Fsp3) is 0.250. The van der Waals surface area contributed by atoms with Gasteiger partial charge in [0.2, 0.25) is 10.0 Å². The molecule has 0 spiro atoms. The Balaban J connectivity index is 1.44. The van der Waals surface area contributed by atoms with E-state index in [2.05, 4.69) is 5.32 Å². The van der Waals surface area contributed by atoms with E-state index in [1.165, 1.54) is 17.5 Å². The maximum Gasteiger partial charge on any atom is 0.291 e. The molecule has 0 saturated carbocycles. The molecular weight excluding hydrogens is 492 g/mol. The van der Waals surface area contributed by atoms with Crippen LogP contribution in [-0.4, -0.2) is 38.8 Å². The summed E-state index contributed by atoms with van der Waals surface area (Å²) in [4.78, 5) is 13.4. The first-order valence-corrected chi connectivity index (χ1v) is 13.6. The molecule has 9 heteroatoms. The lowest BCUT2D eigenvalue weighted by Gasteiger charge is -2.26. The quantitative estimate of drug-likeness (QED) is 0.332. The number of anilines is 1. The normalized spacial score (nSPS) is 14.4. The Morgan fingerprint density at radius 1 is 0.973 bits per heavy atom. The molecule has 0 aliphatic carbocycles. The minimum absolute atomic E-state index is 0.0203. The van der Waals surface area contributed by atoms with Crippen LogP contribution in [0.1, 0.15) is 35.4 Å². The first kappa shape index (κ1) is 24.9. The second-order valence-electron chi connectivity index (χ2n) is 8.79. The molecule has 37 heavy (non-hydrogen) atoms. The number of para-hydroxylation sites is 2. The first-order valence-electron chi connectivity index (χ1n) is 12.1. The van der Waals surface area contributed by atoms with Gasteiger partial charge in [0.15, 0.2) is 5.76 Å². The number of hydrogen-bond donors (Lipinski definition) is 1. The van der Waals surface area contributed by atoms with E-state index in [1.807, 2.05) is 48.5 Å². The average molecular weight is 521 g/mol. The van der Waals surface area contributed by atoms with Gasteiger partial charge in [0, 0.05) is 29.7 Å². The number of nitrogens with one attached hydrogen (secondary N) is 1. The molecule has 3 aromatic carbocycles. The second kappa shape index (κ2) is 10.7. The molecular formula is C28H28N2O6S. The fourth-order valence-corrected chi connectivity index (χ4v) is 6.18. The Bertz CT molecular complexity index is 1510.